The van der Waals surface area contributed by atoms with Gasteiger partial charge in [-0.2, -0.15) is 0 Å². The summed E-state index contributed by atoms with van der Waals surface area (Å²) in [5.74, 6) is 0.152. The number of hydrogen-bond donors (Lipinski definition) is 2. The Morgan fingerprint density at radius 1 is 1.10 bits per heavy atom. The van der Waals surface area contributed by atoms with Crippen LogP contribution in [0.15, 0.2) is 48.5 Å². The van der Waals surface area contributed by atoms with Crippen LogP contribution in [0.3, 0.4) is 0 Å². The summed E-state index contributed by atoms with van der Waals surface area (Å²) in [6, 6.07) is 16.3. The van der Waals surface area contributed by atoms with Crippen LogP contribution in [0.5, 0.6) is 5.75 Å². The summed E-state index contributed by atoms with van der Waals surface area (Å²) in [7, 11) is 2.13. The van der Waals surface area contributed by atoms with Crippen molar-refractivity contribution in [1.29, 1.82) is 0 Å². The zero-order valence-electron chi connectivity index (χ0n) is 12.1. The Balaban J connectivity index is 1.96. The first kappa shape index (κ1) is 14.4. The molecule has 0 aliphatic heterocycles. The number of nitrogens with zero attached hydrogens (tertiary/aromatic N) is 1. The number of aromatic hydroxyl groups is 1. The molecule has 2 aromatic rings. The molecule has 3 nitrogen and oxygen atoms in total. The average Bonchev–Trinajstić information content (AvgIpc) is 2.44. The Morgan fingerprint density at radius 3 is 2.45 bits per heavy atom. The fourth-order valence-corrected chi connectivity index (χ4v) is 2.26. The molecule has 3 N–H and O–H groups in total. The number of rotatable bonds is 5. The van der Waals surface area contributed by atoms with Gasteiger partial charge in [0.25, 0.3) is 0 Å². The second-order valence-corrected chi connectivity index (χ2v) is 5.35. The molecule has 3 heteroatoms. The summed E-state index contributed by atoms with van der Waals surface area (Å²) in [4.78, 5) is 2.32. The third-order valence-corrected chi connectivity index (χ3v) is 3.65. The van der Waals surface area contributed by atoms with Crippen LogP contribution in [0, 0.1) is 0 Å². The van der Waals surface area contributed by atoms with Gasteiger partial charge in [-0.25, -0.2) is 0 Å². The summed E-state index contributed by atoms with van der Waals surface area (Å²) >= 11 is 0. The maximum Gasteiger partial charge on any atom is 0.138 e. The zero-order chi connectivity index (χ0) is 14.5. The van der Waals surface area contributed by atoms with Crippen LogP contribution < -0.4 is 5.73 Å². The van der Waals surface area contributed by atoms with E-state index in [0.717, 1.165) is 18.5 Å². The second kappa shape index (κ2) is 6.44. The number of nitrogens with two attached hydrogens (primary N) is 1. The summed E-state index contributed by atoms with van der Waals surface area (Å²) in [5.41, 5.74) is 8.64. The van der Waals surface area contributed by atoms with E-state index in [2.05, 4.69) is 43.1 Å². The smallest absolute Gasteiger partial charge is 0.138 e. The van der Waals surface area contributed by atoms with E-state index in [1.54, 1.807) is 6.07 Å². The maximum atomic E-state index is 9.45. The van der Waals surface area contributed by atoms with E-state index >= 15 is 0 Å². The molecule has 2 rings (SSSR count). The highest BCUT2D eigenvalue weighted by Gasteiger charge is 2.11. The molecule has 0 spiro atoms. The summed E-state index contributed by atoms with van der Waals surface area (Å²) in [6.07, 6.45) is 0.911. The van der Waals surface area contributed by atoms with Gasteiger partial charge in [0.15, 0.2) is 0 Å². The highest BCUT2D eigenvalue weighted by Crippen LogP contribution is 2.22. The Hall–Kier alpha value is -2.00. The quantitative estimate of drug-likeness (QED) is 0.648. The van der Waals surface area contributed by atoms with Gasteiger partial charge < -0.3 is 10.8 Å². The normalized spacial score (nSPS) is 12.6. The van der Waals surface area contributed by atoms with Gasteiger partial charge in [-0.1, -0.05) is 36.4 Å². The van der Waals surface area contributed by atoms with Crippen molar-refractivity contribution in [2.45, 2.75) is 25.9 Å². The summed E-state index contributed by atoms with van der Waals surface area (Å²) in [5, 5.41) is 9.45. The Kier molecular flexibility index (Phi) is 4.64. The highest BCUT2D eigenvalue weighted by molar-refractivity contribution is 5.53. The molecule has 2 aromatic carbocycles. The monoisotopic (exact) mass is 270 g/mol. The number of hydrogen-bond acceptors (Lipinski definition) is 3. The van der Waals surface area contributed by atoms with E-state index in [9.17, 15) is 5.11 Å². The molecular formula is C17H22N2O. The molecule has 0 aliphatic rings. The van der Waals surface area contributed by atoms with Crippen molar-refractivity contribution in [3.05, 3.63) is 59.7 Å². The second-order valence-electron chi connectivity index (χ2n) is 5.35. The van der Waals surface area contributed by atoms with E-state index in [1.807, 2.05) is 18.2 Å². The minimum absolute atomic E-state index is 0.152. The molecule has 0 bridgehead atoms. The number of phenolic OH excluding ortho intramolecular Hbond substituents is 1. The van der Waals surface area contributed by atoms with Gasteiger partial charge in [0.05, 0.1) is 5.69 Å². The van der Waals surface area contributed by atoms with Crippen LogP contribution in [0.4, 0.5) is 5.69 Å². The van der Waals surface area contributed by atoms with Crippen molar-refractivity contribution in [3.8, 4) is 5.75 Å². The van der Waals surface area contributed by atoms with Crippen LogP contribution >= 0.6 is 0 Å². The standard InChI is InChI=1S/C17H22N2O/c1-13(10-15-8-9-17(20)16(18)11-15)19(2)12-14-6-4-3-5-7-14/h3-9,11,13,20H,10,12,18H2,1-2H3. The third kappa shape index (κ3) is 3.75. The lowest BCUT2D eigenvalue weighted by Crippen LogP contribution is -2.30. The van der Waals surface area contributed by atoms with Crippen LogP contribution in [0.2, 0.25) is 0 Å². The first-order valence-electron chi connectivity index (χ1n) is 6.88. The zero-order valence-corrected chi connectivity index (χ0v) is 12.1. The van der Waals surface area contributed by atoms with E-state index in [4.69, 9.17) is 5.73 Å². The molecule has 0 saturated heterocycles. The largest absolute Gasteiger partial charge is 0.506 e. The molecule has 106 valence electrons. The molecule has 20 heavy (non-hydrogen) atoms. The lowest BCUT2D eigenvalue weighted by Gasteiger charge is -2.25. The number of phenols is 1. The predicted molar refractivity (Wildman–Crippen MR) is 83.6 cm³/mol. The van der Waals surface area contributed by atoms with Crippen LogP contribution in [0.1, 0.15) is 18.1 Å². The molecule has 0 amide bonds. The fraction of sp³-hybridized carbons (Fsp3) is 0.294. The summed E-state index contributed by atoms with van der Waals surface area (Å²) in [6.45, 7) is 3.13. The summed E-state index contributed by atoms with van der Waals surface area (Å²) < 4.78 is 0. The maximum absolute atomic E-state index is 9.45. The Bertz CT molecular complexity index is 554. The van der Waals surface area contributed by atoms with Gasteiger partial charge in [-0.3, -0.25) is 4.90 Å². The number of likely N-dealkylation sites (N-methyl/N-ethyl adjacent to an activating group) is 1. The topological polar surface area (TPSA) is 49.5 Å². The molecule has 0 saturated carbocycles. The van der Waals surface area contributed by atoms with Gasteiger partial charge >= 0.3 is 0 Å². The van der Waals surface area contributed by atoms with Gasteiger partial charge in [0.2, 0.25) is 0 Å². The van der Waals surface area contributed by atoms with E-state index in [0.29, 0.717) is 11.7 Å². The molecule has 0 radical (unpaired) electrons. The van der Waals surface area contributed by atoms with Crippen molar-refractivity contribution >= 4 is 5.69 Å². The van der Waals surface area contributed by atoms with E-state index in [1.165, 1.54) is 5.56 Å². The van der Waals surface area contributed by atoms with Crippen molar-refractivity contribution in [1.82, 2.24) is 4.90 Å². The van der Waals surface area contributed by atoms with Gasteiger partial charge in [-0.15, -0.1) is 0 Å². The van der Waals surface area contributed by atoms with Crippen molar-refractivity contribution in [2.24, 2.45) is 0 Å². The minimum Gasteiger partial charge on any atom is -0.506 e. The van der Waals surface area contributed by atoms with Crippen LogP contribution in [-0.4, -0.2) is 23.1 Å². The highest BCUT2D eigenvalue weighted by atomic mass is 16.3. The molecule has 0 fully saturated rings. The van der Waals surface area contributed by atoms with Crippen LogP contribution in [-0.2, 0) is 13.0 Å². The molecule has 0 heterocycles. The first-order valence-corrected chi connectivity index (χ1v) is 6.88. The predicted octanol–water partition coefficient (Wildman–Crippen LogP) is 3.04. The average molecular weight is 270 g/mol. The minimum atomic E-state index is 0.152. The fourth-order valence-electron chi connectivity index (χ4n) is 2.26. The molecule has 1 unspecified atom stereocenters. The third-order valence-electron chi connectivity index (χ3n) is 3.65. The number of anilines is 1. The van der Waals surface area contributed by atoms with Gasteiger partial charge in [-0.05, 0) is 43.7 Å². The lowest BCUT2D eigenvalue weighted by molar-refractivity contribution is 0.248. The molecule has 0 aromatic heterocycles. The lowest BCUT2D eigenvalue weighted by atomic mass is 10.0. The van der Waals surface area contributed by atoms with Gasteiger partial charge in [0.1, 0.15) is 5.75 Å². The van der Waals surface area contributed by atoms with E-state index in [-0.39, 0.29) is 5.75 Å². The van der Waals surface area contributed by atoms with Gasteiger partial charge in [0, 0.05) is 12.6 Å². The number of nitrogen functional groups attached to an aromatic ring is 1. The van der Waals surface area contributed by atoms with E-state index < -0.39 is 0 Å². The Morgan fingerprint density at radius 2 is 1.80 bits per heavy atom. The molecular weight excluding hydrogens is 248 g/mol. The number of benzene rings is 2. The van der Waals surface area contributed by atoms with Crippen molar-refractivity contribution < 1.29 is 5.11 Å². The van der Waals surface area contributed by atoms with Crippen molar-refractivity contribution in [3.63, 3.8) is 0 Å². The molecule has 0 aliphatic carbocycles. The molecule has 1 atom stereocenters. The van der Waals surface area contributed by atoms with Crippen LogP contribution in [0.25, 0.3) is 0 Å². The first-order chi connectivity index (χ1) is 9.56. The Labute approximate surface area is 120 Å². The SMILES string of the molecule is CC(Cc1ccc(O)c(N)c1)N(C)Cc1ccccc1. The van der Waals surface area contributed by atoms with Crippen molar-refractivity contribution in [2.75, 3.05) is 12.8 Å².